The van der Waals surface area contributed by atoms with Crippen molar-refractivity contribution in [1.82, 2.24) is 4.57 Å². The molecule has 0 spiro atoms. The van der Waals surface area contributed by atoms with E-state index >= 15 is 0 Å². The largest absolute Gasteiger partial charge is 0.494 e. The maximum absolute atomic E-state index is 10.6. The number of aromatic nitrogens is 1. The van der Waals surface area contributed by atoms with Crippen LogP contribution in [0.1, 0.15) is 29.4 Å². The minimum absolute atomic E-state index is 0.180. The lowest BCUT2D eigenvalue weighted by Gasteiger charge is -2.10. The fourth-order valence-electron chi connectivity index (χ4n) is 4.00. The van der Waals surface area contributed by atoms with Gasteiger partial charge in [-0.15, -0.1) is 0 Å². The Bertz CT molecular complexity index is 916. The van der Waals surface area contributed by atoms with Crippen molar-refractivity contribution >= 4 is 10.8 Å². The van der Waals surface area contributed by atoms with E-state index in [1.54, 1.807) is 4.57 Å². The molecule has 0 amide bonds. The van der Waals surface area contributed by atoms with E-state index in [9.17, 15) is 10.2 Å². The summed E-state index contributed by atoms with van der Waals surface area (Å²) in [7, 11) is 0. The Hall–Kier alpha value is -2.68. The molecule has 2 atom stereocenters. The molecule has 0 saturated heterocycles. The maximum atomic E-state index is 10.6. The van der Waals surface area contributed by atoms with Crippen LogP contribution in [-0.2, 0) is 0 Å². The molecule has 0 saturated carbocycles. The first-order chi connectivity index (χ1) is 10.7. The van der Waals surface area contributed by atoms with Crippen molar-refractivity contribution in [3.63, 3.8) is 0 Å². The van der Waals surface area contributed by atoms with Crippen molar-refractivity contribution in [2.75, 3.05) is 0 Å². The van der Waals surface area contributed by atoms with Crippen LogP contribution in [0.15, 0.2) is 54.6 Å². The van der Waals surface area contributed by atoms with Crippen LogP contribution >= 0.6 is 0 Å². The van der Waals surface area contributed by atoms with Crippen molar-refractivity contribution in [2.24, 2.45) is 0 Å². The second-order valence-corrected chi connectivity index (χ2v) is 6.18. The van der Waals surface area contributed by atoms with Crippen LogP contribution in [0.4, 0.5) is 0 Å². The zero-order valence-corrected chi connectivity index (χ0v) is 11.9. The van der Waals surface area contributed by atoms with Gasteiger partial charge >= 0.3 is 0 Å². The van der Waals surface area contributed by atoms with Gasteiger partial charge in [-0.25, -0.2) is 0 Å². The Kier molecular flexibility index (Phi) is 2.14. The van der Waals surface area contributed by atoms with Crippen LogP contribution in [0.5, 0.6) is 11.8 Å². The van der Waals surface area contributed by atoms with Gasteiger partial charge in [-0.3, -0.25) is 4.57 Å². The van der Waals surface area contributed by atoms with Crippen molar-refractivity contribution in [1.29, 1.82) is 0 Å². The molecule has 2 aromatic carbocycles. The molecular formula is C19H15NO2. The van der Waals surface area contributed by atoms with E-state index in [4.69, 9.17) is 0 Å². The first-order valence-electron chi connectivity index (χ1n) is 7.58. The monoisotopic (exact) mass is 289 g/mol. The minimum Gasteiger partial charge on any atom is -0.494 e. The lowest BCUT2D eigenvalue weighted by Crippen LogP contribution is -1.95. The van der Waals surface area contributed by atoms with Gasteiger partial charge in [0.15, 0.2) is 0 Å². The molecule has 2 N–H and O–H groups in total. The number of hydrogen-bond donors (Lipinski definition) is 2. The Morgan fingerprint density at radius 3 is 2.14 bits per heavy atom. The minimum atomic E-state index is 0.180. The molecule has 3 heteroatoms. The van der Waals surface area contributed by atoms with Crippen molar-refractivity contribution in [3.05, 3.63) is 65.7 Å². The predicted octanol–water partition coefficient (Wildman–Crippen LogP) is 4.18. The van der Waals surface area contributed by atoms with Crippen LogP contribution in [0.2, 0.25) is 0 Å². The standard InChI is InChI=1S/C19H15NO2/c21-18-16-13-5-6-14(9-13)17(16)19(22)20(18)15-8-7-11-3-1-2-4-12(11)10-15/h1-8,10,13-14,21-22H,9H2/t13-,14+. The van der Waals surface area contributed by atoms with Crippen LogP contribution in [-0.4, -0.2) is 14.8 Å². The Morgan fingerprint density at radius 1 is 0.818 bits per heavy atom. The summed E-state index contributed by atoms with van der Waals surface area (Å²) in [5, 5.41) is 23.5. The smallest absolute Gasteiger partial charge is 0.202 e. The summed E-state index contributed by atoms with van der Waals surface area (Å²) in [5.74, 6) is 0.847. The Labute approximate surface area is 127 Å². The first-order valence-corrected chi connectivity index (χ1v) is 7.58. The number of rotatable bonds is 1. The van der Waals surface area contributed by atoms with E-state index in [1.807, 2.05) is 36.4 Å². The number of aromatic hydroxyl groups is 2. The molecule has 0 fully saturated rings. The third-order valence-corrected chi connectivity index (χ3v) is 5.01. The summed E-state index contributed by atoms with van der Waals surface area (Å²) in [4.78, 5) is 0. The van der Waals surface area contributed by atoms with E-state index in [0.29, 0.717) is 0 Å². The molecule has 2 bridgehead atoms. The van der Waals surface area contributed by atoms with Crippen LogP contribution in [0.3, 0.4) is 0 Å². The Morgan fingerprint density at radius 2 is 1.45 bits per heavy atom. The van der Waals surface area contributed by atoms with Crippen molar-refractivity contribution in [2.45, 2.75) is 18.3 Å². The number of allylic oxidation sites excluding steroid dienone is 2. The first kappa shape index (κ1) is 11.9. The van der Waals surface area contributed by atoms with E-state index in [-0.39, 0.29) is 23.6 Å². The quantitative estimate of drug-likeness (QED) is 0.660. The molecule has 1 aromatic heterocycles. The molecule has 2 aliphatic carbocycles. The van der Waals surface area contributed by atoms with E-state index in [2.05, 4.69) is 18.2 Å². The number of nitrogens with zero attached hydrogens (tertiary/aromatic N) is 1. The zero-order chi connectivity index (χ0) is 14.8. The average Bonchev–Trinajstić information content (AvgIpc) is 3.21. The molecule has 3 nitrogen and oxygen atoms in total. The van der Waals surface area contributed by atoms with Crippen LogP contribution in [0.25, 0.3) is 16.5 Å². The molecule has 3 aromatic rings. The molecule has 1 heterocycles. The predicted molar refractivity (Wildman–Crippen MR) is 85.8 cm³/mol. The summed E-state index contributed by atoms with van der Waals surface area (Å²) in [6, 6.07) is 14.0. The van der Waals surface area contributed by atoms with Crippen LogP contribution < -0.4 is 0 Å². The van der Waals surface area contributed by atoms with Gasteiger partial charge in [0.05, 0.1) is 5.69 Å². The summed E-state index contributed by atoms with van der Waals surface area (Å²) < 4.78 is 1.57. The number of benzene rings is 2. The SMILES string of the molecule is Oc1c2c(c(O)n1-c1ccc3ccccc3c1)[C@H]1C=C[C@@H]2C1. The second kappa shape index (κ2) is 3.95. The molecule has 0 aliphatic heterocycles. The highest BCUT2D eigenvalue weighted by Gasteiger charge is 2.41. The van der Waals surface area contributed by atoms with Crippen molar-refractivity contribution in [3.8, 4) is 17.4 Å². The van der Waals surface area contributed by atoms with Crippen LogP contribution in [0, 0.1) is 0 Å². The van der Waals surface area contributed by atoms with Gasteiger partial charge in [-0.1, -0.05) is 42.5 Å². The lowest BCUT2D eigenvalue weighted by molar-refractivity contribution is 0.395. The van der Waals surface area contributed by atoms with E-state index in [1.165, 1.54) is 0 Å². The van der Waals surface area contributed by atoms with Gasteiger partial charge < -0.3 is 10.2 Å². The fourth-order valence-corrected chi connectivity index (χ4v) is 4.00. The second-order valence-electron chi connectivity index (χ2n) is 6.18. The number of hydrogen-bond acceptors (Lipinski definition) is 2. The van der Waals surface area contributed by atoms with E-state index < -0.39 is 0 Å². The number of fused-ring (bicyclic) bond motifs is 6. The van der Waals surface area contributed by atoms with E-state index in [0.717, 1.165) is 34.0 Å². The summed E-state index contributed by atoms with van der Waals surface area (Å²) in [5.41, 5.74) is 2.60. The molecular weight excluding hydrogens is 274 g/mol. The van der Waals surface area contributed by atoms with Gasteiger partial charge in [0.1, 0.15) is 0 Å². The van der Waals surface area contributed by atoms with Crippen molar-refractivity contribution < 1.29 is 10.2 Å². The third kappa shape index (κ3) is 1.36. The molecule has 0 unspecified atom stereocenters. The normalized spacial score (nSPS) is 21.6. The fraction of sp³-hybridized carbons (Fsp3) is 0.158. The zero-order valence-electron chi connectivity index (χ0n) is 11.9. The molecule has 0 radical (unpaired) electrons. The van der Waals surface area contributed by atoms with Gasteiger partial charge in [0.2, 0.25) is 11.8 Å². The lowest BCUT2D eigenvalue weighted by atomic mass is 10.0. The van der Waals surface area contributed by atoms with Gasteiger partial charge in [-0.2, -0.15) is 0 Å². The Balaban J connectivity index is 1.76. The van der Waals surface area contributed by atoms with Gasteiger partial charge in [-0.05, 0) is 29.3 Å². The molecule has 5 rings (SSSR count). The topological polar surface area (TPSA) is 45.4 Å². The molecule has 2 aliphatic rings. The highest BCUT2D eigenvalue weighted by molar-refractivity contribution is 5.84. The van der Waals surface area contributed by atoms with Gasteiger partial charge in [0, 0.05) is 23.0 Å². The molecule has 108 valence electrons. The highest BCUT2D eigenvalue weighted by Crippen LogP contribution is 2.57. The van der Waals surface area contributed by atoms with Gasteiger partial charge in [0.25, 0.3) is 0 Å². The third-order valence-electron chi connectivity index (χ3n) is 5.01. The summed E-state index contributed by atoms with van der Waals surface area (Å²) in [6.07, 6.45) is 5.25. The molecule has 22 heavy (non-hydrogen) atoms. The highest BCUT2D eigenvalue weighted by atomic mass is 16.3. The summed E-state index contributed by atoms with van der Waals surface area (Å²) >= 11 is 0. The average molecular weight is 289 g/mol. The summed E-state index contributed by atoms with van der Waals surface area (Å²) in [6.45, 7) is 0. The maximum Gasteiger partial charge on any atom is 0.202 e.